The first-order valence-corrected chi connectivity index (χ1v) is 7.06. The van der Waals surface area contributed by atoms with Gasteiger partial charge in [0.1, 0.15) is 11.8 Å². The molecular formula is C14H19NOS. The lowest BCUT2D eigenvalue weighted by Crippen LogP contribution is -2.02. The summed E-state index contributed by atoms with van der Waals surface area (Å²) in [6.45, 7) is 5.13. The van der Waals surface area contributed by atoms with Gasteiger partial charge in [-0.1, -0.05) is 26.0 Å². The lowest BCUT2D eigenvalue weighted by molar-refractivity contribution is 0.318. The summed E-state index contributed by atoms with van der Waals surface area (Å²) in [6.07, 6.45) is 2.23. The summed E-state index contributed by atoms with van der Waals surface area (Å²) in [7, 11) is 0. The topological polar surface area (TPSA) is 33.0 Å². The molecule has 17 heavy (non-hydrogen) atoms. The third-order valence-corrected chi connectivity index (χ3v) is 3.96. The van der Waals surface area contributed by atoms with Crippen LogP contribution in [0.2, 0.25) is 0 Å². The van der Waals surface area contributed by atoms with Gasteiger partial charge in [0.2, 0.25) is 0 Å². The van der Waals surface area contributed by atoms with E-state index >= 15 is 0 Å². The summed E-state index contributed by atoms with van der Waals surface area (Å²) in [6, 6.07) is 9.51. The summed E-state index contributed by atoms with van der Waals surface area (Å²) in [4.78, 5) is 0. The minimum Gasteiger partial charge on any atom is -0.492 e. The van der Waals surface area contributed by atoms with Crippen LogP contribution in [0.25, 0.3) is 0 Å². The summed E-state index contributed by atoms with van der Waals surface area (Å²) in [5.41, 5.74) is 0.613. The molecule has 1 atom stereocenters. The smallest absolute Gasteiger partial charge is 0.137 e. The third-order valence-electron chi connectivity index (χ3n) is 2.53. The van der Waals surface area contributed by atoms with Gasteiger partial charge in [0.15, 0.2) is 0 Å². The molecule has 0 fully saturated rings. The maximum absolute atomic E-state index is 8.89. The molecule has 0 amide bonds. The molecule has 0 radical (unpaired) electrons. The van der Waals surface area contributed by atoms with Gasteiger partial charge in [0, 0.05) is 5.25 Å². The summed E-state index contributed by atoms with van der Waals surface area (Å²) < 4.78 is 5.61. The Hall–Kier alpha value is -1.14. The zero-order valence-electron chi connectivity index (χ0n) is 10.5. The number of benzene rings is 1. The summed E-state index contributed by atoms with van der Waals surface area (Å²) >= 11 is 1.98. The van der Waals surface area contributed by atoms with Crippen LogP contribution in [0.3, 0.4) is 0 Å². The number of hydrogen-bond donors (Lipinski definition) is 0. The first-order valence-electron chi connectivity index (χ1n) is 6.01. The zero-order chi connectivity index (χ0) is 12.5. The average Bonchev–Trinajstić information content (AvgIpc) is 2.38. The van der Waals surface area contributed by atoms with Gasteiger partial charge in [0.05, 0.1) is 12.2 Å². The molecule has 0 heterocycles. The van der Waals surface area contributed by atoms with E-state index in [9.17, 15) is 0 Å². The number of para-hydroxylation sites is 1. The van der Waals surface area contributed by atoms with Gasteiger partial charge in [-0.05, 0) is 30.7 Å². The first-order chi connectivity index (χ1) is 8.27. The second kappa shape index (κ2) is 8.03. The Morgan fingerprint density at radius 1 is 1.41 bits per heavy atom. The van der Waals surface area contributed by atoms with Gasteiger partial charge in [-0.3, -0.25) is 0 Å². The highest BCUT2D eigenvalue weighted by Crippen LogP contribution is 2.18. The standard InChI is InChI=1S/C14H19NOS/c1-3-12(2)17-10-6-9-16-14-8-5-4-7-13(14)11-15/h4-5,7-8,12H,3,6,9-10H2,1-2H3. The van der Waals surface area contributed by atoms with E-state index in [1.807, 2.05) is 30.0 Å². The van der Waals surface area contributed by atoms with Crippen molar-refractivity contribution in [3.8, 4) is 11.8 Å². The van der Waals surface area contributed by atoms with E-state index in [-0.39, 0.29) is 0 Å². The van der Waals surface area contributed by atoms with E-state index in [4.69, 9.17) is 10.00 Å². The fourth-order valence-corrected chi connectivity index (χ4v) is 2.25. The van der Waals surface area contributed by atoms with E-state index in [1.165, 1.54) is 6.42 Å². The minimum absolute atomic E-state index is 0.613. The Morgan fingerprint density at radius 3 is 2.88 bits per heavy atom. The molecule has 1 unspecified atom stereocenters. The highest BCUT2D eigenvalue weighted by molar-refractivity contribution is 7.99. The largest absolute Gasteiger partial charge is 0.492 e. The van der Waals surface area contributed by atoms with Crippen LogP contribution in [-0.4, -0.2) is 17.6 Å². The van der Waals surface area contributed by atoms with Crippen molar-refractivity contribution in [3.05, 3.63) is 29.8 Å². The zero-order valence-corrected chi connectivity index (χ0v) is 11.3. The van der Waals surface area contributed by atoms with Gasteiger partial charge >= 0.3 is 0 Å². The van der Waals surface area contributed by atoms with Gasteiger partial charge in [-0.15, -0.1) is 0 Å². The lowest BCUT2D eigenvalue weighted by atomic mass is 10.2. The maximum Gasteiger partial charge on any atom is 0.137 e. The van der Waals surface area contributed by atoms with Crippen molar-refractivity contribution in [3.63, 3.8) is 0 Å². The van der Waals surface area contributed by atoms with Crippen LogP contribution in [0.5, 0.6) is 5.75 Å². The van der Waals surface area contributed by atoms with Crippen molar-refractivity contribution in [2.75, 3.05) is 12.4 Å². The number of ether oxygens (including phenoxy) is 1. The Labute approximate surface area is 108 Å². The van der Waals surface area contributed by atoms with Gasteiger partial charge < -0.3 is 4.74 Å². The van der Waals surface area contributed by atoms with Crippen LogP contribution < -0.4 is 4.74 Å². The number of nitriles is 1. The van der Waals surface area contributed by atoms with Crippen LogP contribution in [0, 0.1) is 11.3 Å². The molecule has 1 aromatic carbocycles. The molecule has 0 saturated carbocycles. The molecule has 0 bridgehead atoms. The molecule has 1 rings (SSSR count). The summed E-state index contributed by atoms with van der Waals surface area (Å²) in [5, 5.41) is 9.62. The molecule has 0 aromatic heterocycles. The molecule has 0 spiro atoms. The van der Waals surface area contributed by atoms with Crippen molar-refractivity contribution in [2.45, 2.75) is 31.9 Å². The Morgan fingerprint density at radius 2 is 2.18 bits per heavy atom. The van der Waals surface area contributed by atoms with E-state index in [0.717, 1.165) is 17.4 Å². The molecule has 0 N–H and O–H groups in total. The van der Waals surface area contributed by atoms with Crippen molar-refractivity contribution >= 4 is 11.8 Å². The fraction of sp³-hybridized carbons (Fsp3) is 0.500. The van der Waals surface area contributed by atoms with Crippen LogP contribution >= 0.6 is 11.8 Å². The predicted molar refractivity (Wildman–Crippen MR) is 73.5 cm³/mol. The minimum atomic E-state index is 0.613. The molecule has 2 nitrogen and oxygen atoms in total. The van der Waals surface area contributed by atoms with Gasteiger partial charge in [-0.2, -0.15) is 17.0 Å². The van der Waals surface area contributed by atoms with E-state index in [2.05, 4.69) is 19.9 Å². The molecule has 1 aromatic rings. The Bertz CT molecular complexity index is 373. The Kier molecular flexibility index (Phi) is 6.57. The predicted octanol–water partition coefficient (Wildman–Crippen LogP) is 3.86. The van der Waals surface area contributed by atoms with E-state index < -0.39 is 0 Å². The van der Waals surface area contributed by atoms with Gasteiger partial charge in [-0.25, -0.2) is 0 Å². The van der Waals surface area contributed by atoms with Crippen LogP contribution in [0.15, 0.2) is 24.3 Å². The highest BCUT2D eigenvalue weighted by atomic mass is 32.2. The number of hydrogen-bond acceptors (Lipinski definition) is 3. The van der Waals surface area contributed by atoms with Crippen LogP contribution in [-0.2, 0) is 0 Å². The van der Waals surface area contributed by atoms with Crippen molar-refractivity contribution in [2.24, 2.45) is 0 Å². The van der Waals surface area contributed by atoms with Crippen molar-refractivity contribution < 1.29 is 4.74 Å². The average molecular weight is 249 g/mol. The second-order valence-electron chi connectivity index (χ2n) is 3.90. The van der Waals surface area contributed by atoms with Crippen LogP contribution in [0.1, 0.15) is 32.3 Å². The SMILES string of the molecule is CCC(C)SCCCOc1ccccc1C#N. The maximum atomic E-state index is 8.89. The summed E-state index contributed by atoms with van der Waals surface area (Å²) in [5.74, 6) is 1.81. The quantitative estimate of drug-likeness (QED) is 0.688. The number of rotatable bonds is 7. The number of thioether (sulfide) groups is 1. The molecule has 3 heteroatoms. The Balaban J connectivity index is 2.25. The molecule has 92 valence electrons. The van der Waals surface area contributed by atoms with E-state index in [1.54, 1.807) is 6.07 Å². The molecule has 0 aliphatic carbocycles. The van der Waals surface area contributed by atoms with Crippen molar-refractivity contribution in [1.29, 1.82) is 5.26 Å². The van der Waals surface area contributed by atoms with Crippen molar-refractivity contribution in [1.82, 2.24) is 0 Å². The van der Waals surface area contributed by atoms with E-state index in [0.29, 0.717) is 17.9 Å². The molecule has 0 aliphatic heterocycles. The lowest BCUT2D eigenvalue weighted by Gasteiger charge is -2.09. The molecule has 0 saturated heterocycles. The van der Waals surface area contributed by atoms with Gasteiger partial charge in [0.25, 0.3) is 0 Å². The fourth-order valence-electron chi connectivity index (χ4n) is 1.33. The van der Waals surface area contributed by atoms with Crippen LogP contribution in [0.4, 0.5) is 0 Å². The third kappa shape index (κ3) is 5.14. The second-order valence-corrected chi connectivity index (χ2v) is 5.45. The highest BCUT2D eigenvalue weighted by Gasteiger charge is 2.02. The first kappa shape index (κ1) is 13.9. The normalized spacial score (nSPS) is 11.8. The number of nitrogens with zero attached hydrogens (tertiary/aromatic N) is 1. The molecular weight excluding hydrogens is 230 g/mol. The molecule has 0 aliphatic rings. The monoisotopic (exact) mass is 249 g/mol.